The predicted molar refractivity (Wildman–Crippen MR) is 114 cm³/mol. The van der Waals surface area contributed by atoms with E-state index in [1.54, 1.807) is 18.2 Å². The van der Waals surface area contributed by atoms with Crippen molar-refractivity contribution in [3.63, 3.8) is 0 Å². The van der Waals surface area contributed by atoms with E-state index in [0.717, 1.165) is 11.1 Å². The molecule has 7 heteroatoms. The lowest BCUT2D eigenvalue weighted by Gasteiger charge is -2.34. The molecule has 1 saturated heterocycles. The molecule has 0 unspecified atom stereocenters. The Kier molecular flexibility index (Phi) is 7.68. The maximum atomic E-state index is 12.3. The SMILES string of the molecule is COc1ccc(/C=N\OCC(=O)N2C[C@H](C)O[C@@H](C)C2)cc1OCc1ccccc1. The molecule has 7 nitrogen and oxygen atoms in total. The molecule has 0 saturated carbocycles. The van der Waals surface area contributed by atoms with E-state index < -0.39 is 0 Å². The van der Waals surface area contributed by atoms with E-state index in [0.29, 0.717) is 31.2 Å². The molecule has 0 N–H and O–H groups in total. The Morgan fingerprint density at radius 2 is 1.87 bits per heavy atom. The van der Waals surface area contributed by atoms with Crippen molar-refractivity contribution in [1.29, 1.82) is 0 Å². The molecule has 1 aliphatic rings. The van der Waals surface area contributed by atoms with Crippen molar-refractivity contribution < 1.29 is 23.8 Å². The van der Waals surface area contributed by atoms with Gasteiger partial charge in [0.2, 0.25) is 0 Å². The van der Waals surface area contributed by atoms with Crippen LogP contribution in [0.1, 0.15) is 25.0 Å². The maximum Gasteiger partial charge on any atom is 0.263 e. The number of carbonyl (C=O) groups is 1. The molecular weight excluding hydrogens is 384 g/mol. The van der Waals surface area contributed by atoms with Crippen molar-refractivity contribution in [3.05, 3.63) is 59.7 Å². The van der Waals surface area contributed by atoms with Crippen LogP contribution in [0.3, 0.4) is 0 Å². The third-order valence-electron chi connectivity index (χ3n) is 4.66. The van der Waals surface area contributed by atoms with Crippen LogP contribution in [0.25, 0.3) is 0 Å². The van der Waals surface area contributed by atoms with Gasteiger partial charge in [0.25, 0.3) is 5.91 Å². The molecule has 0 aromatic heterocycles. The number of hydrogen-bond acceptors (Lipinski definition) is 6. The third-order valence-corrected chi connectivity index (χ3v) is 4.66. The molecule has 0 bridgehead atoms. The molecule has 160 valence electrons. The zero-order valence-corrected chi connectivity index (χ0v) is 17.6. The fourth-order valence-electron chi connectivity index (χ4n) is 3.29. The summed E-state index contributed by atoms with van der Waals surface area (Å²) in [6, 6.07) is 15.4. The van der Waals surface area contributed by atoms with Crippen molar-refractivity contribution in [2.24, 2.45) is 5.16 Å². The summed E-state index contributed by atoms with van der Waals surface area (Å²) in [6.45, 7) is 5.36. The summed E-state index contributed by atoms with van der Waals surface area (Å²) in [5.74, 6) is 1.14. The van der Waals surface area contributed by atoms with Gasteiger partial charge in [-0.1, -0.05) is 35.5 Å². The first-order chi connectivity index (χ1) is 14.5. The van der Waals surface area contributed by atoms with Gasteiger partial charge in [0, 0.05) is 18.7 Å². The molecule has 2 atom stereocenters. The number of oxime groups is 1. The average molecular weight is 412 g/mol. The Labute approximate surface area is 177 Å². The van der Waals surface area contributed by atoms with Crippen LogP contribution in [-0.4, -0.2) is 56.0 Å². The predicted octanol–water partition coefficient (Wildman–Crippen LogP) is 3.26. The van der Waals surface area contributed by atoms with Crippen LogP contribution in [0.5, 0.6) is 11.5 Å². The van der Waals surface area contributed by atoms with E-state index in [4.69, 9.17) is 19.0 Å². The van der Waals surface area contributed by atoms with Crippen LogP contribution in [-0.2, 0) is 21.0 Å². The number of carbonyl (C=O) groups excluding carboxylic acids is 1. The van der Waals surface area contributed by atoms with Crippen LogP contribution in [0, 0.1) is 0 Å². The summed E-state index contributed by atoms with van der Waals surface area (Å²) < 4.78 is 16.9. The second kappa shape index (κ2) is 10.6. The first-order valence-electron chi connectivity index (χ1n) is 9.98. The highest BCUT2D eigenvalue weighted by Crippen LogP contribution is 2.28. The van der Waals surface area contributed by atoms with E-state index in [1.165, 1.54) is 0 Å². The van der Waals surface area contributed by atoms with Gasteiger partial charge in [0.05, 0.1) is 25.5 Å². The summed E-state index contributed by atoms with van der Waals surface area (Å²) in [6.07, 6.45) is 1.59. The molecule has 2 aromatic rings. The molecule has 1 fully saturated rings. The Balaban J connectivity index is 1.54. The number of rotatable bonds is 8. The van der Waals surface area contributed by atoms with Gasteiger partial charge < -0.3 is 23.9 Å². The van der Waals surface area contributed by atoms with E-state index in [1.807, 2.05) is 62.4 Å². The van der Waals surface area contributed by atoms with Crippen molar-refractivity contribution in [2.45, 2.75) is 32.7 Å². The summed E-state index contributed by atoms with van der Waals surface area (Å²) in [7, 11) is 1.60. The van der Waals surface area contributed by atoms with E-state index >= 15 is 0 Å². The topological polar surface area (TPSA) is 69.6 Å². The van der Waals surface area contributed by atoms with Gasteiger partial charge in [-0.2, -0.15) is 0 Å². The van der Waals surface area contributed by atoms with Gasteiger partial charge in [-0.15, -0.1) is 0 Å². The highest BCUT2D eigenvalue weighted by molar-refractivity contribution is 5.81. The van der Waals surface area contributed by atoms with Crippen molar-refractivity contribution in [2.75, 3.05) is 26.8 Å². The smallest absolute Gasteiger partial charge is 0.263 e. The minimum Gasteiger partial charge on any atom is -0.493 e. The lowest BCUT2D eigenvalue weighted by atomic mass is 10.2. The number of nitrogens with zero attached hydrogens (tertiary/aromatic N) is 2. The van der Waals surface area contributed by atoms with Gasteiger partial charge in [-0.3, -0.25) is 4.79 Å². The first-order valence-corrected chi connectivity index (χ1v) is 9.98. The lowest BCUT2D eigenvalue weighted by Crippen LogP contribution is -2.49. The minimum atomic E-state index is -0.108. The molecule has 1 amide bonds. The molecule has 1 heterocycles. The standard InChI is InChI=1S/C23H28N2O5/c1-17-13-25(14-18(2)30-17)23(26)16-29-24-12-20-9-10-21(27-3)22(11-20)28-15-19-7-5-4-6-8-19/h4-12,17-18H,13-16H2,1-3H3/b24-12-/t17-,18-/m0/s1. The van der Waals surface area contributed by atoms with Gasteiger partial charge in [-0.25, -0.2) is 0 Å². The molecule has 0 aliphatic carbocycles. The normalized spacial score (nSPS) is 19.0. The van der Waals surface area contributed by atoms with Crippen molar-refractivity contribution in [3.8, 4) is 11.5 Å². The molecular formula is C23H28N2O5. The summed E-state index contributed by atoms with van der Waals surface area (Å²) in [5.41, 5.74) is 1.84. The lowest BCUT2D eigenvalue weighted by molar-refractivity contribution is -0.147. The van der Waals surface area contributed by atoms with Crippen LogP contribution in [0.15, 0.2) is 53.7 Å². The van der Waals surface area contributed by atoms with E-state index in [-0.39, 0.29) is 24.7 Å². The molecule has 3 rings (SSSR count). The highest BCUT2D eigenvalue weighted by atomic mass is 16.6. The Bertz CT molecular complexity index is 846. The monoisotopic (exact) mass is 412 g/mol. The number of morpholine rings is 1. The fourth-order valence-corrected chi connectivity index (χ4v) is 3.29. The second-order valence-corrected chi connectivity index (χ2v) is 7.25. The molecule has 30 heavy (non-hydrogen) atoms. The highest BCUT2D eigenvalue weighted by Gasteiger charge is 2.25. The summed E-state index contributed by atoms with van der Waals surface area (Å²) >= 11 is 0. The molecule has 0 spiro atoms. The van der Waals surface area contributed by atoms with Gasteiger partial charge >= 0.3 is 0 Å². The fraction of sp³-hybridized carbons (Fsp3) is 0.391. The van der Waals surface area contributed by atoms with Crippen molar-refractivity contribution >= 4 is 12.1 Å². The van der Waals surface area contributed by atoms with Crippen LogP contribution in [0.2, 0.25) is 0 Å². The third kappa shape index (κ3) is 6.22. The van der Waals surface area contributed by atoms with E-state index in [9.17, 15) is 4.79 Å². The molecule has 2 aromatic carbocycles. The van der Waals surface area contributed by atoms with Crippen LogP contribution in [0.4, 0.5) is 0 Å². The Morgan fingerprint density at radius 3 is 2.57 bits per heavy atom. The number of amides is 1. The van der Waals surface area contributed by atoms with Gasteiger partial charge in [0.15, 0.2) is 18.1 Å². The largest absolute Gasteiger partial charge is 0.493 e. The quantitative estimate of drug-likeness (QED) is 0.492. The zero-order chi connectivity index (χ0) is 21.3. The number of methoxy groups -OCH3 is 1. The summed E-state index contributed by atoms with van der Waals surface area (Å²) in [4.78, 5) is 19.3. The second-order valence-electron chi connectivity index (χ2n) is 7.25. The maximum absolute atomic E-state index is 12.3. The Hall–Kier alpha value is -3.06. The number of ether oxygens (including phenoxy) is 3. The first kappa shape index (κ1) is 21.6. The average Bonchev–Trinajstić information content (AvgIpc) is 2.75. The molecule has 0 radical (unpaired) electrons. The van der Waals surface area contributed by atoms with Crippen LogP contribution < -0.4 is 9.47 Å². The Morgan fingerprint density at radius 1 is 1.13 bits per heavy atom. The molecule has 1 aliphatic heterocycles. The van der Waals surface area contributed by atoms with Gasteiger partial charge in [0.1, 0.15) is 6.61 Å². The van der Waals surface area contributed by atoms with Gasteiger partial charge in [-0.05, 0) is 37.6 Å². The summed E-state index contributed by atoms with van der Waals surface area (Å²) in [5, 5.41) is 3.93. The minimum absolute atomic E-state index is 0.0230. The van der Waals surface area contributed by atoms with Crippen molar-refractivity contribution in [1.82, 2.24) is 4.90 Å². The van der Waals surface area contributed by atoms with E-state index in [2.05, 4.69) is 5.16 Å². The number of hydrogen-bond donors (Lipinski definition) is 0. The number of benzene rings is 2. The van der Waals surface area contributed by atoms with Crippen LogP contribution >= 0.6 is 0 Å². The zero-order valence-electron chi connectivity index (χ0n) is 17.6.